The van der Waals surface area contributed by atoms with Crippen molar-refractivity contribution in [2.75, 3.05) is 7.11 Å². The van der Waals surface area contributed by atoms with Crippen LogP contribution in [0, 0.1) is 17.8 Å². The molecule has 0 amide bonds. The van der Waals surface area contributed by atoms with E-state index in [1.54, 1.807) is 12.1 Å². The Bertz CT molecular complexity index is 645. The highest BCUT2D eigenvalue weighted by molar-refractivity contribution is 5.89. The van der Waals surface area contributed by atoms with Crippen LogP contribution in [0.4, 0.5) is 0 Å². The molecule has 0 saturated heterocycles. The number of carbonyl (C=O) groups is 1. The molecule has 0 spiro atoms. The normalized spacial score (nSPS) is 11.1. The number of benzene rings is 2. The fourth-order valence-corrected chi connectivity index (χ4v) is 2.03. The van der Waals surface area contributed by atoms with Crippen molar-refractivity contribution in [1.82, 2.24) is 0 Å². The molecule has 2 nitrogen and oxygen atoms in total. The van der Waals surface area contributed by atoms with Gasteiger partial charge in [0.1, 0.15) is 0 Å². The standard InChI is InChI=1S/C19H18O2/c1-15(14-17-6-4-3-5-7-17)8-9-16-10-12-18(13-11-16)19(20)21-2/h3-7,10-13,15H,14H2,1-2H3. The van der Waals surface area contributed by atoms with E-state index >= 15 is 0 Å². The van der Waals surface area contributed by atoms with Gasteiger partial charge in [-0.1, -0.05) is 49.1 Å². The first-order chi connectivity index (χ1) is 10.2. The zero-order chi connectivity index (χ0) is 15.1. The molecule has 106 valence electrons. The zero-order valence-corrected chi connectivity index (χ0v) is 12.3. The SMILES string of the molecule is COC(=O)c1ccc(C#CC(C)Cc2ccccc2)cc1. The first-order valence-corrected chi connectivity index (χ1v) is 6.93. The third-order valence-electron chi connectivity index (χ3n) is 3.15. The number of ether oxygens (including phenoxy) is 1. The fourth-order valence-electron chi connectivity index (χ4n) is 2.03. The Hall–Kier alpha value is -2.53. The molecule has 0 saturated carbocycles. The number of carbonyl (C=O) groups excluding carboxylic acids is 1. The van der Waals surface area contributed by atoms with Crippen molar-refractivity contribution < 1.29 is 9.53 Å². The summed E-state index contributed by atoms with van der Waals surface area (Å²) in [5.74, 6) is 6.35. The maximum absolute atomic E-state index is 11.3. The second-order valence-corrected chi connectivity index (χ2v) is 4.93. The summed E-state index contributed by atoms with van der Waals surface area (Å²) in [4.78, 5) is 11.3. The summed E-state index contributed by atoms with van der Waals surface area (Å²) in [5.41, 5.74) is 2.74. The summed E-state index contributed by atoms with van der Waals surface area (Å²) >= 11 is 0. The van der Waals surface area contributed by atoms with Gasteiger partial charge in [0.25, 0.3) is 0 Å². The van der Waals surface area contributed by atoms with Crippen LogP contribution in [-0.4, -0.2) is 13.1 Å². The van der Waals surface area contributed by atoms with E-state index in [1.807, 2.05) is 30.3 Å². The zero-order valence-electron chi connectivity index (χ0n) is 12.3. The molecule has 0 heterocycles. The van der Waals surface area contributed by atoms with Crippen LogP contribution in [0.1, 0.15) is 28.4 Å². The van der Waals surface area contributed by atoms with E-state index in [9.17, 15) is 4.79 Å². The summed E-state index contributed by atoms with van der Waals surface area (Å²) in [5, 5.41) is 0. The van der Waals surface area contributed by atoms with E-state index in [0.29, 0.717) is 5.56 Å². The second kappa shape index (κ2) is 7.31. The summed E-state index contributed by atoms with van der Waals surface area (Å²) in [6, 6.07) is 17.5. The Balaban J connectivity index is 2.00. The van der Waals surface area contributed by atoms with Crippen molar-refractivity contribution in [1.29, 1.82) is 0 Å². The smallest absolute Gasteiger partial charge is 0.337 e. The van der Waals surface area contributed by atoms with Gasteiger partial charge in [-0.05, 0) is 36.2 Å². The Morgan fingerprint density at radius 2 is 1.76 bits per heavy atom. The van der Waals surface area contributed by atoms with Gasteiger partial charge in [0, 0.05) is 11.5 Å². The molecule has 21 heavy (non-hydrogen) atoms. The van der Waals surface area contributed by atoms with E-state index in [4.69, 9.17) is 0 Å². The highest BCUT2D eigenvalue weighted by Gasteiger charge is 2.03. The predicted molar refractivity (Wildman–Crippen MR) is 84.0 cm³/mol. The van der Waals surface area contributed by atoms with Gasteiger partial charge < -0.3 is 4.74 Å². The minimum atomic E-state index is -0.327. The fraction of sp³-hybridized carbons (Fsp3) is 0.211. The quantitative estimate of drug-likeness (QED) is 0.632. The Morgan fingerprint density at radius 1 is 1.10 bits per heavy atom. The molecule has 0 radical (unpaired) electrons. The number of rotatable bonds is 3. The maximum Gasteiger partial charge on any atom is 0.337 e. The Morgan fingerprint density at radius 3 is 2.38 bits per heavy atom. The van der Waals surface area contributed by atoms with Crippen LogP contribution in [0.5, 0.6) is 0 Å². The molecule has 0 N–H and O–H groups in total. The molecule has 2 rings (SSSR count). The van der Waals surface area contributed by atoms with Crippen molar-refractivity contribution in [2.45, 2.75) is 13.3 Å². The highest BCUT2D eigenvalue weighted by atomic mass is 16.5. The minimum Gasteiger partial charge on any atom is -0.465 e. The van der Waals surface area contributed by atoms with Crippen molar-refractivity contribution in [3.63, 3.8) is 0 Å². The molecule has 2 aromatic carbocycles. The molecule has 0 aliphatic heterocycles. The lowest BCUT2D eigenvalue weighted by atomic mass is 10.0. The van der Waals surface area contributed by atoms with Crippen molar-refractivity contribution in [3.8, 4) is 11.8 Å². The third-order valence-corrected chi connectivity index (χ3v) is 3.15. The first-order valence-electron chi connectivity index (χ1n) is 6.93. The average molecular weight is 278 g/mol. The van der Waals surface area contributed by atoms with E-state index in [2.05, 4.69) is 35.6 Å². The topological polar surface area (TPSA) is 26.3 Å². The molecule has 1 unspecified atom stereocenters. The third kappa shape index (κ3) is 4.50. The van der Waals surface area contributed by atoms with Crippen LogP contribution in [-0.2, 0) is 11.2 Å². The summed E-state index contributed by atoms with van der Waals surface area (Å²) in [6.45, 7) is 2.11. The summed E-state index contributed by atoms with van der Waals surface area (Å²) in [6.07, 6.45) is 0.939. The Labute approximate surface area is 125 Å². The molecular weight excluding hydrogens is 260 g/mol. The average Bonchev–Trinajstić information content (AvgIpc) is 2.53. The molecule has 2 aromatic rings. The van der Waals surface area contributed by atoms with Gasteiger partial charge in [-0.25, -0.2) is 4.79 Å². The number of hydrogen-bond donors (Lipinski definition) is 0. The number of esters is 1. The predicted octanol–water partition coefficient (Wildman–Crippen LogP) is 3.70. The lowest BCUT2D eigenvalue weighted by Gasteiger charge is -2.03. The minimum absolute atomic E-state index is 0.285. The largest absolute Gasteiger partial charge is 0.465 e. The van der Waals surface area contributed by atoms with Crippen LogP contribution in [0.15, 0.2) is 54.6 Å². The molecular formula is C19H18O2. The van der Waals surface area contributed by atoms with Crippen molar-refractivity contribution in [2.24, 2.45) is 5.92 Å². The monoisotopic (exact) mass is 278 g/mol. The van der Waals surface area contributed by atoms with Crippen molar-refractivity contribution in [3.05, 3.63) is 71.3 Å². The van der Waals surface area contributed by atoms with Crippen molar-refractivity contribution >= 4 is 5.97 Å². The molecule has 0 aromatic heterocycles. The second-order valence-electron chi connectivity index (χ2n) is 4.93. The van der Waals surface area contributed by atoms with Crippen LogP contribution in [0.3, 0.4) is 0 Å². The van der Waals surface area contributed by atoms with Gasteiger partial charge in [0.2, 0.25) is 0 Å². The van der Waals surface area contributed by atoms with Crippen LogP contribution >= 0.6 is 0 Å². The Kier molecular flexibility index (Phi) is 5.17. The molecule has 0 bridgehead atoms. The molecule has 0 fully saturated rings. The summed E-state index contributed by atoms with van der Waals surface area (Å²) in [7, 11) is 1.38. The summed E-state index contributed by atoms with van der Waals surface area (Å²) < 4.78 is 4.67. The van der Waals surface area contributed by atoms with Crippen LogP contribution < -0.4 is 0 Å². The molecule has 1 atom stereocenters. The maximum atomic E-state index is 11.3. The van der Waals surface area contributed by atoms with Gasteiger partial charge in [0.15, 0.2) is 0 Å². The highest BCUT2D eigenvalue weighted by Crippen LogP contribution is 2.08. The van der Waals surface area contributed by atoms with Gasteiger partial charge in [-0.15, -0.1) is 0 Å². The molecule has 0 aliphatic rings. The van der Waals surface area contributed by atoms with E-state index < -0.39 is 0 Å². The molecule has 2 heteroatoms. The van der Waals surface area contributed by atoms with E-state index in [0.717, 1.165) is 12.0 Å². The lowest BCUT2D eigenvalue weighted by Crippen LogP contribution is -2.00. The van der Waals surface area contributed by atoms with Crippen LogP contribution in [0.2, 0.25) is 0 Å². The molecule has 0 aliphatic carbocycles. The van der Waals surface area contributed by atoms with E-state index in [1.165, 1.54) is 12.7 Å². The van der Waals surface area contributed by atoms with Gasteiger partial charge in [-0.3, -0.25) is 0 Å². The van der Waals surface area contributed by atoms with Crippen LogP contribution in [0.25, 0.3) is 0 Å². The number of hydrogen-bond acceptors (Lipinski definition) is 2. The lowest BCUT2D eigenvalue weighted by molar-refractivity contribution is 0.0601. The number of methoxy groups -OCH3 is 1. The van der Waals surface area contributed by atoms with E-state index in [-0.39, 0.29) is 11.9 Å². The van der Waals surface area contributed by atoms with Gasteiger partial charge >= 0.3 is 5.97 Å². The first kappa shape index (κ1) is 14.9. The van der Waals surface area contributed by atoms with Gasteiger partial charge in [0.05, 0.1) is 12.7 Å². The van der Waals surface area contributed by atoms with Gasteiger partial charge in [-0.2, -0.15) is 0 Å².